The van der Waals surface area contributed by atoms with Crippen LogP contribution >= 0.6 is 0 Å². The summed E-state index contributed by atoms with van der Waals surface area (Å²) in [6.45, 7) is 0.419. The number of hydrogen-bond donors (Lipinski definition) is 4. The summed E-state index contributed by atoms with van der Waals surface area (Å²) in [5.74, 6) is 0.444. The van der Waals surface area contributed by atoms with Crippen LogP contribution in [0.25, 0.3) is 0 Å². The summed E-state index contributed by atoms with van der Waals surface area (Å²) < 4.78 is 0. The van der Waals surface area contributed by atoms with E-state index in [2.05, 4.69) is 0 Å². The van der Waals surface area contributed by atoms with Gasteiger partial charge in [-0.15, -0.1) is 0 Å². The Morgan fingerprint density at radius 2 is 1.29 bits per heavy atom. The highest BCUT2D eigenvalue weighted by atomic mass is 16.3. The molecule has 6 N–H and O–H groups in total. The van der Waals surface area contributed by atoms with Crippen LogP contribution < -0.4 is 11.5 Å². The van der Waals surface area contributed by atoms with E-state index in [1.807, 2.05) is 0 Å². The van der Waals surface area contributed by atoms with Crippen molar-refractivity contribution in [3.05, 3.63) is 0 Å². The van der Waals surface area contributed by atoms with Crippen LogP contribution in [0.5, 0.6) is 0 Å². The summed E-state index contributed by atoms with van der Waals surface area (Å²) in [5.41, 5.74) is 10.8. The molecule has 0 aliphatic heterocycles. The third-order valence-corrected chi connectivity index (χ3v) is 2.47. The molecule has 4 heteroatoms. The van der Waals surface area contributed by atoms with Gasteiger partial charge in [-0.3, -0.25) is 0 Å². The van der Waals surface area contributed by atoms with Crippen molar-refractivity contribution in [3.63, 3.8) is 0 Å². The van der Waals surface area contributed by atoms with Crippen LogP contribution in [0.3, 0.4) is 0 Å². The average molecular weight is 204 g/mol. The fourth-order valence-electron chi connectivity index (χ4n) is 1.61. The largest absolute Gasteiger partial charge is 0.396 e. The Labute approximate surface area is 86.3 Å². The maximum Gasteiger partial charge on any atom is 0.0520 e. The zero-order valence-electron chi connectivity index (χ0n) is 8.86. The molecule has 0 saturated carbocycles. The fraction of sp³-hybridized carbons (Fsp3) is 1.00. The minimum absolute atomic E-state index is 0.205. The van der Waals surface area contributed by atoms with E-state index in [4.69, 9.17) is 21.7 Å². The second-order valence-electron chi connectivity index (χ2n) is 3.84. The predicted octanol–water partition coefficient (Wildman–Crippen LogP) is 0.171. The van der Waals surface area contributed by atoms with Gasteiger partial charge in [-0.25, -0.2) is 0 Å². The lowest BCUT2D eigenvalue weighted by molar-refractivity contribution is 0.207. The maximum absolute atomic E-state index is 8.79. The van der Waals surface area contributed by atoms with Crippen LogP contribution in [0.2, 0.25) is 0 Å². The van der Waals surface area contributed by atoms with Crippen LogP contribution in [-0.4, -0.2) is 29.6 Å². The smallest absolute Gasteiger partial charge is 0.0520 e. The highest BCUT2D eigenvalue weighted by Crippen LogP contribution is 2.16. The van der Waals surface area contributed by atoms with Gasteiger partial charge in [0.2, 0.25) is 0 Å². The van der Waals surface area contributed by atoms with Crippen molar-refractivity contribution < 1.29 is 10.2 Å². The van der Waals surface area contributed by atoms with Gasteiger partial charge in [0.25, 0.3) is 0 Å². The van der Waals surface area contributed by atoms with Crippen LogP contribution in [0.4, 0.5) is 0 Å². The van der Waals surface area contributed by atoms with E-state index in [0.717, 1.165) is 38.5 Å². The van der Waals surface area contributed by atoms with Gasteiger partial charge in [0.1, 0.15) is 0 Å². The van der Waals surface area contributed by atoms with E-state index < -0.39 is 0 Å². The van der Waals surface area contributed by atoms with Gasteiger partial charge < -0.3 is 21.7 Å². The van der Waals surface area contributed by atoms with Gasteiger partial charge >= 0.3 is 0 Å². The number of unbranched alkanes of at least 4 members (excludes halogenated alkanes) is 1. The molecule has 0 saturated heterocycles. The van der Waals surface area contributed by atoms with Crippen molar-refractivity contribution in [1.29, 1.82) is 0 Å². The summed E-state index contributed by atoms with van der Waals surface area (Å²) in [6, 6.07) is 0. The lowest BCUT2D eigenvalue weighted by atomic mass is 9.95. The van der Waals surface area contributed by atoms with Crippen molar-refractivity contribution in [2.45, 2.75) is 44.7 Å². The molecule has 0 aromatic heterocycles. The SMILES string of the molecule is NC(N)CCCCC(CCO)CCO. The Balaban J connectivity index is 3.40. The maximum atomic E-state index is 8.79. The Hall–Kier alpha value is -0.160. The average Bonchev–Trinajstić information content (AvgIpc) is 2.12. The molecular weight excluding hydrogens is 180 g/mol. The lowest BCUT2D eigenvalue weighted by Crippen LogP contribution is -2.29. The molecule has 0 aromatic rings. The lowest BCUT2D eigenvalue weighted by Gasteiger charge is -2.14. The topological polar surface area (TPSA) is 92.5 Å². The molecule has 0 bridgehead atoms. The highest BCUT2D eigenvalue weighted by molar-refractivity contribution is 4.60. The van der Waals surface area contributed by atoms with Crippen LogP contribution in [0.15, 0.2) is 0 Å². The van der Waals surface area contributed by atoms with E-state index in [1.165, 1.54) is 0 Å². The minimum atomic E-state index is -0.205. The van der Waals surface area contributed by atoms with Gasteiger partial charge in [-0.2, -0.15) is 0 Å². The molecule has 0 atom stereocenters. The van der Waals surface area contributed by atoms with Crippen molar-refractivity contribution in [2.24, 2.45) is 17.4 Å². The minimum Gasteiger partial charge on any atom is -0.396 e. The first kappa shape index (κ1) is 13.8. The van der Waals surface area contributed by atoms with Crippen molar-refractivity contribution in [3.8, 4) is 0 Å². The van der Waals surface area contributed by atoms with Gasteiger partial charge in [-0.1, -0.05) is 19.3 Å². The molecule has 4 nitrogen and oxygen atoms in total. The molecule has 14 heavy (non-hydrogen) atoms. The van der Waals surface area contributed by atoms with Crippen LogP contribution in [-0.2, 0) is 0 Å². The molecule has 0 radical (unpaired) electrons. The molecule has 0 spiro atoms. The van der Waals surface area contributed by atoms with Gasteiger partial charge in [-0.05, 0) is 25.2 Å². The zero-order chi connectivity index (χ0) is 10.8. The molecule has 0 fully saturated rings. The summed E-state index contributed by atoms with van der Waals surface area (Å²) in [7, 11) is 0. The van der Waals surface area contributed by atoms with Gasteiger partial charge in [0.05, 0.1) is 6.17 Å². The Bertz CT molecular complexity index is 115. The second-order valence-corrected chi connectivity index (χ2v) is 3.84. The quantitative estimate of drug-likeness (QED) is 0.318. The van der Waals surface area contributed by atoms with E-state index in [-0.39, 0.29) is 19.4 Å². The third kappa shape index (κ3) is 8.44. The van der Waals surface area contributed by atoms with Crippen LogP contribution in [0, 0.1) is 5.92 Å². The Morgan fingerprint density at radius 3 is 1.71 bits per heavy atom. The Kier molecular flexibility index (Phi) is 9.29. The summed E-state index contributed by atoms with van der Waals surface area (Å²) in [4.78, 5) is 0. The van der Waals surface area contributed by atoms with E-state index >= 15 is 0 Å². The van der Waals surface area contributed by atoms with E-state index in [1.54, 1.807) is 0 Å². The van der Waals surface area contributed by atoms with Gasteiger partial charge in [0.15, 0.2) is 0 Å². The first-order chi connectivity index (χ1) is 6.70. The molecule has 0 heterocycles. The zero-order valence-corrected chi connectivity index (χ0v) is 8.86. The molecule has 0 aliphatic rings. The highest BCUT2D eigenvalue weighted by Gasteiger charge is 2.07. The summed E-state index contributed by atoms with van der Waals surface area (Å²) >= 11 is 0. The van der Waals surface area contributed by atoms with Crippen molar-refractivity contribution in [2.75, 3.05) is 13.2 Å². The molecule has 0 aliphatic carbocycles. The first-order valence-corrected chi connectivity index (χ1v) is 5.43. The first-order valence-electron chi connectivity index (χ1n) is 5.43. The van der Waals surface area contributed by atoms with Crippen molar-refractivity contribution in [1.82, 2.24) is 0 Å². The molecule has 0 aromatic carbocycles. The Morgan fingerprint density at radius 1 is 0.786 bits per heavy atom. The van der Waals surface area contributed by atoms with E-state index in [0.29, 0.717) is 5.92 Å². The number of rotatable bonds is 9. The molecule has 0 rings (SSSR count). The molecule has 0 amide bonds. The number of hydrogen-bond acceptors (Lipinski definition) is 4. The van der Waals surface area contributed by atoms with E-state index in [9.17, 15) is 0 Å². The fourth-order valence-corrected chi connectivity index (χ4v) is 1.61. The molecule has 86 valence electrons. The summed E-state index contributed by atoms with van der Waals surface area (Å²) in [6.07, 6.45) is 5.38. The predicted molar refractivity (Wildman–Crippen MR) is 57.5 cm³/mol. The normalized spacial score (nSPS) is 11.6. The second kappa shape index (κ2) is 9.40. The van der Waals surface area contributed by atoms with Gasteiger partial charge in [0, 0.05) is 13.2 Å². The van der Waals surface area contributed by atoms with Crippen molar-refractivity contribution >= 4 is 0 Å². The standard InChI is InChI=1S/C10H24N2O2/c11-10(12)4-2-1-3-9(5-7-13)6-8-14/h9-10,13-14H,1-8,11-12H2. The van der Waals surface area contributed by atoms with Crippen LogP contribution in [0.1, 0.15) is 38.5 Å². The number of aliphatic hydroxyl groups excluding tert-OH is 2. The number of aliphatic hydroxyl groups is 2. The third-order valence-electron chi connectivity index (χ3n) is 2.47. The monoisotopic (exact) mass is 204 g/mol. The molecular formula is C10H24N2O2. The molecule has 0 unspecified atom stereocenters. The summed E-state index contributed by atoms with van der Waals surface area (Å²) in [5, 5.41) is 17.6. The number of nitrogens with two attached hydrogens (primary N) is 2.